The number of hydrogen-bond acceptors (Lipinski definition) is 1. The quantitative estimate of drug-likeness (QED) is 0.552. The molecule has 0 aromatic heterocycles. The Morgan fingerprint density at radius 3 is 2.93 bits per heavy atom. The molecule has 0 amide bonds. The summed E-state index contributed by atoms with van der Waals surface area (Å²) in [5.74, 6) is 4.18. The highest BCUT2D eigenvalue weighted by Crippen LogP contribution is 2.51. The molecular formula is C14H18O. The Balaban J connectivity index is 2.31. The molecule has 0 N–H and O–H groups in total. The number of carbonyl (C=O) groups excluding carboxylic acids is 1. The Bertz CT molecular complexity index is 347. The van der Waals surface area contributed by atoms with Crippen LogP contribution in [-0.4, -0.2) is 5.78 Å². The Morgan fingerprint density at radius 2 is 2.27 bits per heavy atom. The van der Waals surface area contributed by atoms with Crippen LogP contribution in [0.15, 0.2) is 12.2 Å². The van der Waals surface area contributed by atoms with Crippen LogP contribution in [-0.2, 0) is 4.79 Å². The van der Waals surface area contributed by atoms with E-state index in [1.165, 1.54) is 0 Å². The van der Waals surface area contributed by atoms with Crippen LogP contribution < -0.4 is 0 Å². The first-order valence-electron chi connectivity index (χ1n) is 5.76. The average Bonchev–Trinajstić information content (AvgIpc) is 2.24. The SMILES string of the molecule is C#C[C@@H]1CC[C@H]2C=CC(=O)[C@H](C)[C@@]2(C)C1. The summed E-state index contributed by atoms with van der Waals surface area (Å²) in [6, 6.07) is 0. The molecule has 2 aliphatic rings. The second kappa shape index (κ2) is 3.52. The Hall–Kier alpha value is -1.03. The first-order valence-corrected chi connectivity index (χ1v) is 5.76. The molecule has 2 aliphatic carbocycles. The van der Waals surface area contributed by atoms with E-state index in [4.69, 9.17) is 6.42 Å². The summed E-state index contributed by atoms with van der Waals surface area (Å²) in [6.45, 7) is 4.28. The number of allylic oxidation sites excluding steroid dienone is 2. The number of fused-ring (bicyclic) bond motifs is 1. The van der Waals surface area contributed by atoms with Crippen molar-refractivity contribution in [2.75, 3.05) is 0 Å². The summed E-state index contributed by atoms with van der Waals surface area (Å²) < 4.78 is 0. The molecule has 1 heteroatoms. The molecular weight excluding hydrogens is 184 g/mol. The van der Waals surface area contributed by atoms with E-state index in [2.05, 4.69) is 25.8 Å². The zero-order chi connectivity index (χ0) is 11.1. The molecule has 1 saturated carbocycles. The van der Waals surface area contributed by atoms with Crippen LogP contribution in [0.3, 0.4) is 0 Å². The normalized spacial score (nSPS) is 44.6. The van der Waals surface area contributed by atoms with Gasteiger partial charge in [-0.1, -0.05) is 19.9 Å². The topological polar surface area (TPSA) is 17.1 Å². The van der Waals surface area contributed by atoms with E-state index in [9.17, 15) is 4.79 Å². The maximum atomic E-state index is 11.7. The van der Waals surface area contributed by atoms with Gasteiger partial charge in [0.15, 0.2) is 5.78 Å². The molecule has 0 aromatic rings. The molecule has 1 nitrogen and oxygen atoms in total. The molecule has 0 heterocycles. The lowest BCUT2D eigenvalue weighted by atomic mass is 9.56. The van der Waals surface area contributed by atoms with Crippen molar-refractivity contribution in [1.82, 2.24) is 0 Å². The van der Waals surface area contributed by atoms with Gasteiger partial charge in [-0.05, 0) is 36.7 Å². The maximum Gasteiger partial charge on any atom is 0.158 e. The summed E-state index contributed by atoms with van der Waals surface area (Å²) >= 11 is 0. The van der Waals surface area contributed by atoms with E-state index >= 15 is 0 Å². The maximum absolute atomic E-state index is 11.7. The largest absolute Gasteiger partial charge is 0.295 e. The van der Waals surface area contributed by atoms with Gasteiger partial charge in [0.05, 0.1) is 0 Å². The van der Waals surface area contributed by atoms with E-state index in [0.29, 0.717) is 11.8 Å². The number of hydrogen-bond donors (Lipinski definition) is 0. The lowest BCUT2D eigenvalue weighted by Crippen LogP contribution is -2.43. The van der Waals surface area contributed by atoms with Crippen molar-refractivity contribution < 1.29 is 4.79 Å². The second-order valence-corrected chi connectivity index (χ2v) is 5.24. The third-order valence-electron chi connectivity index (χ3n) is 4.50. The first-order chi connectivity index (χ1) is 7.08. The molecule has 0 aliphatic heterocycles. The summed E-state index contributed by atoms with van der Waals surface area (Å²) in [5.41, 5.74) is 0.0983. The van der Waals surface area contributed by atoms with Crippen molar-refractivity contribution in [2.24, 2.45) is 23.2 Å². The molecule has 0 spiro atoms. The van der Waals surface area contributed by atoms with Gasteiger partial charge in [-0.3, -0.25) is 4.79 Å². The number of rotatable bonds is 0. The van der Waals surface area contributed by atoms with Gasteiger partial charge in [0.1, 0.15) is 0 Å². The van der Waals surface area contributed by atoms with E-state index < -0.39 is 0 Å². The van der Waals surface area contributed by atoms with Crippen LogP contribution in [0.25, 0.3) is 0 Å². The van der Waals surface area contributed by atoms with Gasteiger partial charge >= 0.3 is 0 Å². The highest BCUT2D eigenvalue weighted by atomic mass is 16.1. The van der Waals surface area contributed by atoms with E-state index in [1.807, 2.05) is 0 Å². The Labute approximate surface area is 91.9 Å². The number of terminal acetylenes is 1. The van der Waals surface area contributed by atoms with Gasteiger partial charge < -0.3 is 0 Å². The van der Waals surface area contributed by atoms with Crippen molar-refractivity contribution in [3.05, 3.63) is 12.2 Å². The van der Waals surface area contributed by atoms with Gasteiger partial charge in [-0.2, -0.15) is 0 Å². The fourth-order valence-corrected chi connectivity index (χ4v) is 3.13. The van der Waals surface area contributed by atoms with E-state index in [1.54, 1.807) is 6.08 Å². The summed E-state index contributed by atoms with van der Waals surface area (Å²) in [6.07, 6.45) is 12.6. The van der Waals surface area contributed by atoms with Gasteiger partial charge in [0, 0.05) is 11.8 Å². The van der Waals surface area contributed by atoms with E-state index in [-0.39, 0.29) is 17.1 Å². The predicted octanol–water partition coefficient (Wildman–Crippen LogP) is 2.82. The molecule has 0 saturated heterocycles. The third kappa shape index (κ3) is 1.53. The minimum absolute atomic E-state index is 0.0983. The van der Waals surface area contributed by atoms with E-state index in [0.717, 1.165) is 19.3 Å². The van der Waals surface area contributed by atoms with Crippen LogP contribution in [0.4, 0.5) is 0 Å². The van der Waals surface area contributed by atoms with Crippen LogP contribution in [0.2, 0.25) is 0 Å². The van der Waals surface area contributed by atoms with Crippen LogP contribution in [0, 0.1) is 35.5 Å². The smallest absolute Gasteiger partial charge is 0.158 e. The minimum atomic E-state index is 0.0983. The van der Waals surface area contributed by atoms with Crippen molar-refractivity contribution in [3.8, 4) is 12.3 Å². The summed E-state index contributed by atoms with van der Waals surface area (Å²) in [5, 5.41) is 0. The Kier molecular flexibility index (Phi) is 2.46. The zero-order valence-corrected chi connectivity index (χ0v) is 9.49. The average molecular weight is 202 g/mol. The molecule has 1 fully saturated rings. The fraction of sp³-hybridized carbons (Fsp3) is 0.643. The van der Waals surface area contributed by atoms with Crippen LogP contribution in [0.1, 0.15) is 33.1 Å². The lowest BCUT2D eigenvalue weighted by Gasteiger charge is -2.47. The van der Waals surface area contributed by atoms with Gasteiger partial charge in [0.25, 0.3) is 0 Å². The third-order valence-corrected chi connectivity index (χ3v) is 4.50. The van der Waals surface area contributed by atoms with Crippen molar-refractivity contribution >= 4 is 5.78 Å². The highest BCUT2D eigenvalue weighted by molar-refractivity contribution is 5.93. The molecule has 15 heavy (non-hydrogen) atoms. The number of ketones is 1. The van der Waals surface area contributed by atoms with Crippen LogP contribution >= 0.6 is 0 Å². The first kappa shape index (κ1) is 10.5. The molecule has 0 bridgehead atoms. The standard InChI is InChI=1S/C14H18O/c1-4-11-5-6-12-7-8-13(15)10(2)14(12,3)9-11/h1,7-8,10-12H,5-6,9H2,2-3H3/t10-,11+,12-,14+/m0/s1. The van der Waals surface area contributed by atoms with Crippen molar-refractivity contribution in [2.45, 2.75) is 33.1 Å². The summed E-state index contributed by atoms with van der Waals surface area (Å²) in [4.78, 5) is 11.7. The van der Waals surface area contributed by atoms with Crippen molar-refractivity contribution in [1.29, 1.82) is 0 Å². The molecule has 0 unspecified atom stereocenters. The Morgan fingerprint density at radius 1 is 1.53 bits per heavy atom. The lowest BCUT2D eigenvalue weighted by molar-refractivity contribution is -0.124. The second-order valence-electron chi connectivity index (χ2n) is 5.24. The van der Waals surface area contributed by atoms with Gasteiger partial charge in [0.2, 0.25) is 0 Å². The molecule has 80 valence electrons. The molecule has 0 aromatic carbocycles. The highest BCUT2D eigenvalue weighted by Gasteiger charge is 2.46. The zero-order valence-electron chi connectivity index (χ0n) is 9.49. The monoisotopic (exact) mass is 202 g/mol. The van der Waals surface area contributed by atoms with Gasteiger partial charge in [-0.25, -0.2) is 0 Å². The van der Waals surface area contributed by atoms with Crippen molar-refractivity contribution in [3.63, 3.8) is 0 Å². The minimum Gasteiger partial charge on any atom is -0.295 e. The fourth-order valence-electron chi connectivity index (χ4n) is 3.13. The molecule has 4 atom stereocenters. The molecule has 2 rings (SSSR count). The predicted molar refractivity (Wildman–Crippen MR) is 61.1 cm³/mol. The molecule has 0 radical (unpaired) electrons. The van der Waals surface area contributed by atoms with Crippen LogP contribution in [0.5, 0.6) is 0 Å². The number of carbonyl (C=O) groups is 1. The van der Waals surface area contributed by atoms with Gasteiger partial charge in [-0.15, -0.1) is 12.3 Å². The summed E-state index contributed by atoms with van der Waals surface area (Å²) in [7, 11) is 0.